The zero-order valence-electron chi connectivity index (χ0n) is 22.0. The number of hydrogen-bond acceptors (Lipinski definition) is 8. The molecule has 11 heteroatoms. The van der Waals surface area contributed by atoms with Crippen LogP contribution >= 0.6 is 0 Å². The zero-order valence-corrected chi connectivity index (χ0v) is 22.0. The third kappa shape index (κ3) is 4.89. The Kier molecular flexibility index (Phi) is 6.59. The molecule has 3 aliphatic rings. The Morgan fingerprint density at radius 1 is 1.13 bits per heavy atom. The number of hydrogen-bond donors (Lipinski definition) is 2. The van der Waals surface area contributed by atoms with Crippen molar-refractivity contribution in [3.63, 3.8) is 0 Å². The zero-order chi connectivity index (χ0) is 27.1. The molecular formula is C28H32N6O5. The van der Waals surface area contributed by atoms with Gasteiger partial charge in [-0.1, -0.05) is 24.3 Å². The topological polar surface area (TPSA) is 120 Å². The molecule has 6 rings (SSSR count). The Morgan fingerprint density at radius 3 is 2.69 bits per heavy atom. The lowest BCUT2D eigenvalue weighted by Gasteiger charge is -2.33. The van der Waals surface area contributed by atoms with Gasteiger partial charge < -0.3 is 34.6 Å². The molecule has 0 aliphatic carbocycles. The molecular weight excluding hydrogens is 500 g/mol. The van der Waals surface area contributed by atoms with Crippen molar-refractivity contribution in [3.8, 4) is 11.8 Å². The van der Waals surface area contributed by atoms with Crippen LogP contribution in [-0.2, 0) is 0 Å². The Labute approximate surface area is 226 Å². The summed E-state index contributed by atoms with van der Waals surface area (Å²) in [7, 11) is 3.66. The molecule has 0 saturated carbocycles. The van der Waals surface area contributed by atoms with Gasteiger partial charge in [-0.3, -0.25) is 4.79 Å². The SMILES string of the molecule is COc1cc(NC(=O)c2cc(N3CC4CC3CN4C(=O)O)nc(OC[C@@H]3CCCN3C)n2)c2ccccc2c1. The fourth-order valence-corrected chi connectivity index (χ4v) is 5.97. The number of carboxylic acid groups (broad SMARTS) is 1. The molecule has 2 amide bonds. The van der Waals surface area contributed by atoms with Gasteiger partial charge in [0.15, 0.2) is 0 Å². The predicted octanol–water partition coefficient (Wildman–Crippen LogP) is 3.30. The third-order valence-electron chi connectivity index (χ3n) is 8.10. The molecule has 3 aromatic rings. The van der Waals surface area contributed by atoms with Crippen LogP contribution in [0.4, 0.5) is 16.3 Å². The van der Waals surface area contributed by atoms with E-state index in [1.165, 1.54) is 4.90 Å². The van der Waals surface area contributed by atoms with E-state index in [9.17, 15) is 14.7 Å². The summed E-state index contributed by atoms with van der Waals surface area (Å²) in [5, 5.41) is 14.3. The molecule has 2 unspecified atom stereocenters. The number of aromatic nitrogens is 2. The maximum atomic E-state index is 13.6. The summed E-state index contributed by atoms with van der Waals surface area (Å²) in [6, 6.07) is 13.4. The average molecular weight is 533 g/mol. The molecule has 3 aliphatic heterocycles. The smallest absolute Gasteiger partial charge is 0.407 e. The Balaban J connectivity index is 1.30. The molecule has 2 bridgehead atoms. The third-order valence-corrected chi connectivity index (χ3v) is 8.10. The number of amides is 2. The number of benzene rings is 2. The number of anilines is 2. The van der Waals surface area contributed by atoms with Crippen molar-refractivity contribution in [3.05, 3.63) is 48.2 Å². The summed E-state index contributed by atoms with van der Waals surface area (Å²) in [5.74, 6) is 0.808. The van der Waals surface area contributed by atoms with Crippen LogP contribution in [0.1, 0.15) is 29.8 Å². The van der Waals surface area contributed by atoms with Crippen molar-refractivity contribution >= 4 is 34.3 Å². The fraction of sp³-hybridized carbons (Fsp3) is 0.429. The van der Waals surface area contributed by atoms with E-state index in [1.807, 2.05) is 30.3 Å². The van der Waals surface area contributed by atoms with Crippen LogP contribution in [0.25, 0.3) is 10.8 Å². The van der Waals surface area contributed by atoms with Gasteiger partial charge >= 0.3 is 12.1 Å². The van der Waals surface area contributed by atoms with Crippen molar-refractivity contribution in [1.29, 1.82) is 0 Å². The van der Waals surface area contributed by atoms with Gasteiger partial charge in [0.1, 0.15) is 23.9 Å². The minimum Gasteiger partial charge on any atom is -0.497 e. The second-order valence-corrected chi connectivity index (χ2v) is 10.5. The number of nitrogens with zero attached hydrogens (tertiary/aromatic N) is 5. The second kappa shape index (κ2) is 10.2. The first kappa shape index (κ1) is 25.2. The highest BCUT2D eigenvalue weighted by Gasteiger charge is 2.46. The van der Waals surface area contributed by atoms with Crippen molar-refractivity contribution in [2.75, 3.05) is 50.6 Å². The van der Waals surface area contributed by atoms with Crippen molar-refractivity contribution in [2.45, 2.75) is 37.4 Å². The van der Waals surface area contributed by atoms with Gasteiger partial charge in [0.2, 0.25) is 0 Å². The minimum absolute atomic E-state index is 0.00643. The highest BCUT2D eigenvalue weighted by atomic mass is 16.5. The molecule has 0 spiro atoms. The van der Waals surface area contributed by atoms with Crippen LogP contribution in [0, 0.1) is 0 Å². The number of likely N-dealkylation sites (N-methyl/N-ethyl adjacent to an activating group) is 1. The van der Waals surface area contributed by atoms with Gasteiger partial charge in [-0.15, -0.1) is 0 Å². The van der Waals surface area contributed by atoms with E-state index in [4.69, 9.17) is 9.47 Å². The molecule has 4 heterocycles. The average Bonchev–Trinajstić information content (AvgIpc) is 3.67. The summed E-state index contributed by atoms with van der Waals surface area (Å²) in [6.45, 7) is 2.37. The predicted molar refractivity (Wildman–Crippen MR) is 146 cm³/mol. The number of ether oxygens (including phenoxy) is 2. The number of rotatable bonds is 7. The fourth-order valence-electron chi connectivity index (χ4n) is 5.97. The number of likely N-dealkylation sites (tertiary alicyclic amines) is 2. The number of nitrogens with one attached hydrogen (secondary N) is 1. The maximum absolute atomic E-state index is 13.6. The number of fused-ring (bicyclic) bond motifs is 3. The Bertz CT molecular complexity index is 1420. The number of piperazine rings is 1. The minimum atomic E-state index is -0.903. The molecule has 2 aromatic carbocycles. The number of carbonyl (C=O) groups excluding carboxylic acids is 1. The van der Waals surface area contributed by atoms with Crippen molar-refractivity contribution in [2.24, 2.45) is 0 Å². The Morgan fingerprint density at radius 2 is 1.97 bits per heavy atom. The molecule has 0 radical (unpaired) electrons. The van der Waals surface area contributed by atoms with E-state index >= 15 is 0 Å². The van der Waals surface area contributed by atoms with Gasteiger partial charge in [-0.2, -0.15) is 9.97 Å². The molecule has 11 nitrogen and oxygen atoms in total. The van der Waals surface area contributed by atoms with E-state index in [-0.39, 0.29) is 29.8 Å². The van der Waals surface area contributed by atoms with Crippen LogP contribution in [-0.4, -0.2) is 95.4 Å². The molecule has 39 heavy (non-hydrogen) atoms. The van der Waals surface area contributed by atoms with Crippen LogP contribution in [0.3, 0.4) is 0 Å². The highest BCUT2D eigenvalue weighted by Crippen LogP contribution is 2.35. The van der Waals surface area contributed by atoms with E-state index in [0.717, 1.165) is 36.6 Å². The molecule has 2 N–H and O–H groups in total. The first-order valence-electron chi connectivity index (χ1n) is 13.3. The lowest BCUT2D eigenvalue weighted by Crippen LogP contribution is -2.48. The van der Waals surface area contributed by atoms with Gasteiger partial charge in [0.25, 0.3) is 5.91 Å². The largest absolute Gasteiger partial charge is 0.497 e. The Hall–Kier alpha value is -4.12. The molecule has 204 valence electrons. The van der Waals surface area contributed by atoms with Gasteiger partial charge in [-0.05, 0) is 44.3 Å². The van der Waals surface area contributed by atoms with E-state index < -0.39 is 12.0 Å². The van der Waals surface area contributed by atoms with Crippen molar-refractivity contribution < 1.29 is 24.2 Å². The second-order valence-electron chi connectivity index (χ2n) is 10.5. The summed E-state index contributed by atoms with van der Waals surface area (Å²) in [5.41, 5.74) is 0.794. The van der Waals surface area contributed by atoms with E-state index in [1.54, 1.807) is 19.2 Å². The summed E-state index contributed by atoms with van der Waals surface area (Å²) >= 11 is 0. The molecule has 3 saturated heterocycles. The summed E-state index contributed by atoms with van der Waals surface area (Å²) in [6.07, 6.45) is 1.98. The van der Waals surface area contributed by atoms with Crippen LogP contribution in [0.5, 0.6) is 11.8 Å². The standard InChI is InChI=1S/C28H32N6O5/c1-32-9-5-7-18(32)16-39-27-30-24(13-25(31-27)33-14-20-11-19(33)15-34(20)28(36)37)26(35)29-23-12-21(38-2)10-17-6-3-4-8-22(17)23/h3-4,6,8,10,12-13,18-20H,5,7,9,11,14-16H2,1-2H3,(H,29,35)(H,36,37)/t18-,19?,20?/m0/s1. The summed E-state index contributed by atoms with van der Waals surface area (Å²) in [4.78, 5) is 40.1. The van der Waals surface area contributed by atoms with Crippen LogP contribution < -0.4 is 19.7 Å². The summed E-state index contributed by atoms with van der Waals surface area (Å²) < 4.78 is 11.5. The first-order chi connectivity index (χ1) is 18.9. The van der Waals surface area contributed by atoms with Gasteiger partial charge in [-0.25, -0.2) is 4.79 Å². The van der Waals surface area contributed by atoms with Gasteiger partial charge in [0.05, 0.1) is 24.9 Å². The van der Waals surface area contributed by atoms with Crippen molar-refractivity contribution in [1.82, 2.24) is 19.8 Å². The molecule has 3 atom stereocenters. The monoisotopic (exact) mass is 532 g/mol. The number of methoxy groups -OCH3 is 1. The molecule has 3 fully saturated rings. The van der Waals surface area contributed by atoms with Crippen LogP contribution in [0.2, 0.25) is 0 Å². The molecule has 1 aromatic heterocycles. The quantitative estimate of drug-likeness (QED) is 0.472. The van der Waals surface area contributed by atoms with Crippen LogP contribution in [0.15, 0.2) is 42.5 Å². The lowest BCUT2D eigenvalue weighted by molar-refractivity contribution is 0.102. The van der Waals surface area contributed by atoms with E-state index in [2.05, 4.69) is 32.1 Å². The highest BCUT2D eigenvalue weighted by molar-refractivity contribution is 6.09. The first-order valence-corrected chi connectivity index (χ1v) is 13.3. The maximum Gasteiger partial charge on any atom is 0.407 e. The number of carbonyl (C=O) groups is 2. The van der Waals surface area contributed by atoms with Gasteiger partial charge in [0, 0.05) is 36.7 Å². The lowest BCUT2D eigenvalue weighted by atomic mass is 10.1. The normalized spacial score (nSPS) is 22.5. The van der Waals surface area contributed by atoms with E-state index in [0.29, 0.717) is 37.0 Å².